The Hall–Kier alpha value is -1.55. The quantitative estimate of drug-likeness (QED) is 0.795. The van der Waals surface area contributed by atoms with Crippen LogP contribution < -0.4 is 4.74 Å². The number of hydrogen-bond acceptors (Lipinski definition) is 3. The van der Waals surface area contributed by atoms with Crippen LogP contribution in [0.25, 0.3) is 0 Å². The summed E-state index contributed by atoms with van der Waals surface area (Å²) >= 11 is 0. The van der Waals surface area contributed by atoms with Crippen LogP contribution in [0.3, 0.4) is 0 Å². The minimum Gasteiger partial charge on any atom is -0.493 e. The van der Waals surface area contributed by atoms with E-state index in [1.54, 1.807) is 6.07 Å². The van der Waals surface area contributed by atoms with Gasteiger partial charge in [0.2, 0.25) is 0 Å². The van der Waals surface area contributed by atoms with Crippen molar-refractivity contribution in [1.29, 1.82) is 0 Å². The third kappa shape index (κ3) is 2.52. The smallest absolute Gasteiger partial charge is 0.335 e. The molecule has 4 heteroatoms. The highest BCUT2D eigenvalue weighted by atomic mass is 16.5. The van der Waals surface area contributed by atoms with Gasteiger partial charge in [0.05, 0.1) is 18.8 Å². The number of carboxylic acids is 1. The van der Waals surface area contributed by atoms with Crippen LogP contribution >= 0.6 is 0 Å². The summed E-state index contributed by atoms with van der Waals surface area (Å²) in [5, 5.41) is 17.9. The zero-order chi connectivity index (χ0) is 11.5. The van der Waals surface area contributed by atoms with Gasteiger partial charge in [-0.25, -0.2) is 4.79 Å². The molecule has 0 heterocycles. The zero-order valence-electron chi connectivity index (χ0n) is 8.85. The molecule has 0 saturated heterocycles. The van der Waals surface area contributed by atoms with Crippen LogP contribution in [0.15, 0.2) is 18.2 Å². The van der Waals surface area contributed by atoms with Gasteiger partial charge < -0.3 is 14.9 Å². The maximum atomic E-state index is 10.8. The van der Waals surface area contributed by atoms with Crippen LogP contribution in [0.2, 0.25) is 0 Å². The molecule has 1 aromatic rings. The van der Waals surface area contributed by atoms with Gasteiger partial charge in [0.25, 0.3) is 0 Å². The maximum absolute atomic E-state index is 10.8. The molecule has 1 aliphatic carbocycles. The molecule has 16 heavy (non-hydrogen) atoms. The average Bonchev–Trinajstić information content (AvgIpc) is 3.09. The van der Waals surface area contributed by atoms with Crippen molar-refractivity contribution in [3.8, 4) is 5.75 Å². The first-order valence-corrected chi connectivity index (χ1v) is 5.30. The first-order chi connectivity index (χ1) is 7.70. The topological polar surface area (TPSA) is 66.8 Å². The fourth-order valence-electron chi connectivity index (χ4n) is 1.44. The summed E-state index contributed by atoms with van der Waals surface area (Å²) in [5.74, 6) is 0.0927. The predicted octanol–water partition coefficient (Wildman–Crippen LogP) is 1.67. The van der Waals surface area contributed by atoms with Crippen molar-refractivity contribution in [2.45, 2.75) is 19.4 Å². The highest BCUT2D eigenvalue weighted by molar-refractivity contribution is 5.88. The van der Waals surface area contributed by atoms with E-state index in [-0.39, 0.29) is 12.2 Å². The fourth-order valence-corrected chi connectivity index (χ4v) is 1.44. The monoisotopic (exact) mass is 222 g/mol. The lowest BCUT2D eigenvalue weighted by Crippen LogP contribution is -2.04. The lowest BCUT2D eigenvalue weighted by molar-refractivity contribution is 0.0696. The normalized spacial score (nSPS) is 14.8. The second-order valence-electron chi connectivity index (χ2n) is 4.04. The van der Waals surface area contributed by atoms with Gasteiger partial charge in [0.1, 0.15) is 5.75 Å². The number of hydrogen-bond donors (Lipinski definition) is 2. The highest BCUT2D eigenvalue weighted by Crippen LogP contribution is 2.30. The Kier molecular flexibility index (Phi) is 3.10. The van der Waals surface area contributed by atoms with Gasteiger partial charge >= 0.3 is 5.97 Å². The molecule has 1 aliphatic rings. The zero-order valence-corrected chi connectivity index (χ0v) is 8.85. The molecule has 0 bridgehead atoms. The van der Waals surface area contributed by atoms with E-state index in [2.05, 4.69) is 0 Å². The molecule has 1 saturated carbocycles. The maximum Gasteiger partial charge on any atom is 0.335 e. The van der Waals surface area contributed by atoms with Crippen LogP contribution in [0.1, 0.15) is 28.8 Å². The largest absolute Gasteiger partial charge is 0.493 e. The second-order valence-corrected chi connectivity index (χ2v) is 4.04. The van der Waals surface area contributed by atoms with Crippen LogP contribution in [-0.2, 0) is 6.61 Å². The molecule has 0 unspecified atom stereocenters. The molecule has 0 aromatic heterocycles. The van der Waals surface area contributed by atoms with Gasteiger partial charge in [-0.05, 0) is 30.9 Å². The van der Waals surface area contributed by atoms with Gasteiger partial charge in [0.15, 0.2) is 0 Å². The van der Waals surface area contributed by atoms with Crippen molar-refractivity contribution < 1.29 is 19.7 Å². The third-order valence-corrected chi connectivity index (χ3v) is 2.66. The molecule has 0 amide bonds. The van der Waals surface area contributed by atoms with Crippen LogP contribution in [0.4, 0.5) is 0 Å². The van der Waals surface area contributed by atoms with Gasteiger partial charge in [0, 0.05) is 5.56 Å². The molecule has 0 atom stereocenters. The molecule has 0 aliphatic heterocycles. The first kappa shape index (κ1) is 11.0. The average molecular weight is 222 g/mol. The van der Waals surface area contributed by atoms with E-state index in [0.29, 0.717) is 23.8 Å². The number of benzene rings is 1. The summed E-state index contributed by atoms with van der Waals surface area (Å²) in [5.41, 5.74) is 0.814. The minimum atomic E-state index is -0.985. The number of carbonyl (C=O) groups is 1. The Morgan fingerprint density at radius 3 is 2.75 bits per heavy atom. The molecule has 0 spiro atoms. The molecule has 1 fully saturated rings. The SMILES string of the molecule is O=C(O)c1ccc(CO)c(OCC2CC2)c1. The van der Waals surface area contributed by atoms with E-state index in [1.807, 2.05) is 0 Å². The van der Waals surface area contributed by atoms with E-state index in [9.17, 15) is 4.79 Å². The molecule has 86 valence electrons. The third-order valence-electron chi connectivity index (χ3n) is 2.66. The number of carboxylic acid groups (broad SMARTS) is 1. The standard InChI is InChI=1S/C12H14O4/c13-6-10-4-3-9(12(14)15)5-11(10)16-7-8-1-2-8/h3-5,8,13H,1-2,6-7H2,(H,14,15). The van der Waals surface area contributed by atoms with Crippen LogP contribution in [0, 0.1) is 5.92 Å². The summed E-state index contributed by atoms with van der Waals surface area (Å²) in [6.45, 7) is 0.468. The van der Waals surface area contributed by atoms with Gasteiger partial charge in [-0.3, -0.25) is 0 Å². The molecular weight excluding hydrogens is 208 g/mol. The molecule has 4 nitrogen and oxygen atoms in total. The Morgan fingerprint density at radius 1 is 1.44 bits per heavy atom. The van der Waals surface area contributed by atoms with Gasteiger partial charge in [-0.1, -0.05) is 6.07 Å². The van der Waals surface area contributed by atoms with Crippen LogP contribution in [-0.4, -0.2) is 22.8 Å². The summed E-state index contributed by atoms with van der Waals surface area (Å²) in [7, 11) is 0. The van der Waals surface area contributed by atoms with Crippen molar-refractivity contribution in [1.82, 2.24) is 0 Å². The van der Waals surface area contributed by atoms with Crippen molar-refractivity contribution >= 4 is 5.97 Å². The Labute approximate surface area is 93.5 Å². The molecule has 1 aromatic carbocycles. The van der Waals surface area contributed by atoms with E-state index in [1.165, 1.54) is 25.0 Å². The highest BCUT2D eigenvalue weighted by Gasteiger charge is 2.22. The Morgan fingerprint density at radius 2 is 2.19 bits per heavy atom. The summed E-state index contributed by atoms with van der Waals surface area (Å²) in [4.78, 5) is 10.8. The van der Waals surface area contributed by atoms with E-state index >= 15 is 0 Å². The molecule has 2 N–H and O–H groups in total. The van der Waals surface area contributed by atoms with E-state index < -0.39 is 5.97 Å². The Bertz CT molecular complexity index is 396. The second kappa shape index (κ2) is 4.53. The van der Waals surface area contributed by atoms with Gasteiger partial charge in [-0.2, -0.15) is 0 Å². The van der Waals surface area contributed by atoms with E-state index in [0.717, 1.165) is 0 Å². The summed E-state index contributed by atoms with van der Waals surface area (Å²) in [6.07, 6.45) is 2.35. The van der Waals surface area contributed by atoms with Gasteiger partial charge in [-0.15, -0.1) is 0 Å². The Balaban J connectivity index is 2.16. The number of rotatable bonds is 5. The van der Waals surface area contributed by atoms with Crippen molar-refractivity contribution in [2.75, 3.05) is 6.61 Å². The summed E-state index contributed by atoms with van der Waals surface area (Å²) in [6, 6.07) is 4.53. The van der Waals surface area contributed by atoms with Crippen molar-refractivity contribution in [3.63, 3.8) is 0 Å². The summed E-state index contributed by atoms with van der Waals surface area (Å²) < 4.78 is 5.52. The lowest BCUT2D eigenvalue weighted by Gasteiger charge is -2.10. The van der Waals surface area contributed by atoms with Crippen LogP contribution in [0.5, 0.6) is 5.75 Å². The number of aliphatic hydroxyl groups is 1. The van der Waals surface area contributed by atoms with Crippen molar-refractivity contribution in [2.24, 2.45) is 5.92 Å². The molecule has 0 radical (unpaired) electrons. The number of aromatic carboxylic acids is 1. The predicted molar refractivity (Wildman–Crippen MR) is 57.5 cm³/mol. The van der Waals surface area contributed by atoms with Crippen molar-refractivity contribution in [3.05, 3.63) is 29.3 Å². The lowest BCUT2D eigenvalue weighted by atomic mass is 10.1. The molecule has 2 rings (SSSR count). The number of aliphatic hydroxyl groups excluding tert-OH is 1. The molecular formula is C12H14O4. The van der Waals surface area contributed by atoms with E-state index in [4.69, 9.17) is 14.9 Å². The fraction of sp³-hybridized carbons (Fsp3) is 0.417. The number of ether oxygens (including phenoxy) is 1. The minimum absolute atomic E-state index is 0.139. The first-order valence-electron chi connectivity index (χ1n) is 5.30.